The standard InChI is InChI=1S/C12H21NO4/c1-8-5-9(7-17-8)11(16)13(6-10(14)15)12(2,3)4/h8-9H,5-7H2,1-4H3,(H,14,15). The van der Waals surface area contributed by atoms with Gasteiger partial charge in [-0.2, -0.15) is 0 Å². The SMILES string of the molecule is CC1CC(C(=O)N(CC(=O)O)C(C)(C)C)CO1. The average molecular weight is 243 g/mol. The Bertz CT molecular complexity index is 308. The topological polar surface area (TPSA) is 66.8 Å². The molecule has 0 saturated carbocycles. The zero-order valence-electron chi connectivity index (χ0n) is 10.9. The molecule has 1 fully saturated rings. The second kappa shape index (κ2) is 5.04. The summed E-state index contributed by atoms with van der Waals surface area (Å²) >= 11 is 0. The first kappa shape index (κ1) is 14.0. The molecule has 1 aliphatic heterocycles. The molecule has 0 aromatic heterocycles. The van der Waals surface area contributed by atoms with E-state index >= 15 is 0 Å². The zero-order chi connectivity index (χ0) is 13.2. The molecule has 0 aliphatic carbocycles. The Morgan fingerprint density at radius 1 is 1.41 bits per heavy atom. The van der Waals surface area contributed by atoms with Crippen LogP contribution in [0.15, 0.2) is 0 Å². The highest BCUT2D eigenvalue weighted by Gasteiger charge is 2.36. The lowest BCUT2D eigenvalue weighted by Gasteiger charge is -2.36. The quantitative estimate of drug-likeness (QED) is 0.806. The summed E-state index contributed by atoms with van der Waals surface area (Å²) in [4.78, 5) is 24.5. The van der Waals surface area contributed by atoms with Gasteiger partial charge in [0.1, 0.15) is 6.54 Å². The molecule has 1 N–H and O–H groups in total. The van der Waals surface area contributed by atoms with Gasteiger partial charge in [0, 0.05) is 5.54 Å². The van der Waals surface area contributed by atoms with E-state index in [0.717, 1.165) is 0 Å². The van der Waals surface area contributed by atoms with E-state index in [1.807, 2.05) is 27.7 Å². The van der Waals surface area contributed by atoms with Crippen molar-refractivity contribution < 1.29 is 19.4 Å². The number of carbonyl (C=O) groups is 2. The van der Waals surface area contributed by atoms with E-state index < -0.39 is 11.5 Å². The molecule has 98 valence electrons. The molecule has 1 rings (SSSR count). The Morgan fingerprint density at radius 2 is 2.00 bits per heavy atom. The Balaban J connectivity index is 2.76. The highest BCUT2D eigenvalue weighted by Crippen LogP contribution is 2.24. The Kier molecular flexibility index (Phi) is 4.14. The average Bonchev–Trinajstić information content (AvgIpc) is 2.58. The van der Waals surface area contributed by atoms with Crippen LogP contribution < -0.4 is 0 Å². The minimum atomic E-state index is -0.986. The molecule has 1 saturated heterocycles. The molecule has 5 heteroatoms. The predicted molar refractivity (Wildman–Crippen MR) is 62.6 cm³/mol. The number of rotatable bonds is 3. The summed E-state index contributed by atoms with van der Waals surface area (Å²) in [6.07, 6.45) is 0.751. The van der Waals surface area contributed by atoms with Crippen molar-refractivity contribution in [3.8, 4) is 0 Å². The van der Waals surface area contributed by atoms with Crippen molar-refractivity contribution in [3.63, 3.8) is 0 Å². The molecule has 0 radical (unpaired) electrons. The highest BCUT2D eigenvalue weighted by molar-refractivity contribution is 5.84. The van der Waals surface area contributed by atoms with Gasteiger partial charge in [0.05, 0.1) is 18.6 Å². The van der Waals surface area contributed by atoms with Crippen molar-refractivity contribution in [2.45, 2.75) is 45.8 Å². The summed E-state index contributed by atoms with van der Waals surface area (Å²) in [6, 6.07) is 0. The summed E-state index contributed by atoms with van der Waals surface area (Å²) < 4.78 is 5.36. The molecule has 5 nitrogen and oxygen atoms in total. The summed E-state index contributed by atoms with van der Waals surface area (Å²) in [6.45, 7) is 7.58. The van der Waals surface area contributed by atoms with Crippen molar-refractivity contribution in [2.75, 3.05) is 13.2 Å². The summed E-state index contributed by atoms with van der Waals surface area (Å²) in [5, 5.41) is 8.87. The van der Waals surface area contributed by atoms with Crippen molar-refractivity contribution >= 4 is 11.9 Å². The van der Waals surface area contributed by atoms with Gasteiger partial charge >= 0.3 is 5.97 Å². The first-order chi connectivity index (χ1) is 7.71. The minimum Gasteiger partial charge on any atom is -0.480 e. The van der Waals surface area contributed by atoms with Gasteiger partial charge in [0.15, 0.2) is 0 Å². The van der Waals surface area contributed by atoms with Gasteiger partial charge in [-0.25, -0.2) is 0 Å². The molecule has 1 amide bonds. The third-order valence-electron chi connectivity index (χ3n) is 2.92. The van der Waals surface area contributed by atoms with Gasteiger partial charge < -0.3 is 14.7 Å². The fourth-order valence-electron chi connectivity index (χ4n) is 1.99. The van der Waals surface area contributed by atoms with Gasteiger partial charge in [0.25, 0.3) is 0 Å². The van der Waals surface area contributed by atoms with Crippen LogP contribution in [0.5, 0.6) is 0 Å². The molecule has 0 aromatic carbocycles. The van der Waals surface area contributed by atoms with Crippen LogP contribution in [0, 0.1) is 5.92 Å². The van der Waals surface area contributed by atoms with E-state index in [9.17, 15) is 9.59 Å². The van der Waals surface area contributed by atoms with E-state index in [1.165, 1.54) is 4.90 Å². The summed E-state index contributed by atoms with van der Waals surface area (Å²) in [5.74, 6) is -1.31. The Morgan fingerprint density at radius 3 is 2.35 bits per heavy atom. The normalized spacial score (nSPS) is 24.7. The van der Waals surface area contributed by atoms with Gasteiger partial charge in [-0.1, -0.05) is 0 Å². The van der Waals surface area contributed by atoms with Gasteiger partial charge in [0.2, 0.25) is 5.91 Å². The molecule has 0 spiro atoms. The van der Waals surface area contributed by atoms with E-state index in [-0.39, 0.29) is 24.5 Å². The smallest absolute Gasteiger partial charge is 0.323 e. The summed E-state index contributed by atoms with van der Waals surface area (Å²) in [5.41, 5.74) is -0.485. The Hall–Kier alpha value is -1.10. The van der Waals surface area contributed by atoms with Gasteiger partial charge in [-0.3, -0.25) is 9.59 Å². The summed E-state index contributed by atoms with van der Waals surface area (Å²) in [7, 11) is 0. The number of carbonyl (C=O) groups excluding carboxylic acids is 1. The van der Waals surface area contributed by atoms with Crippen molar-refractivity contribution in [1.29, 1.82) is 0 Å². The lowest BCUT2D eigenvalue weighted by Crippen LogP contribution is -2.50. The largest absolute Gasteiger partial charge is 0.480 e. The molecule has 0 bridgehead atoms. The number of hydrogen-bond acceptors (Lipinski definition) is 3. The monoisotopic (exact) mass is 243 g/mol. The third-order valence-corrected chi connectivity index (χ3v) is 2.92. The zero-order valence-corrected chi connectivity index (χ0v) is 10.9. The van der Waals surface area contributed by atoms with Crippen LogP contribution in [0.2, 0.25) is 0 Å². The maximum atomic E-state index is 12.3. The molecular formula is C12H21NO4. The second-order valence-corrected chi connectivity index (χ2v) is 5.57. The molecule has 2 unspecified atom stereocenters. The van der Waals surface area contributed by atoms with Crippen LogP contribution in [0.1, 0.15) is 34.1 Å². The number of aliphatic carboxylic acids is 1. The van der Waals surface area contributed by atoms with E-state index in [0.29, 0.717) is 13.0 Å². The number of carboxylic acid groups (broad SMARTS) is 1. The number of nitrogens with zero attached hydrogens (tertiary/aromatic N) is 1. The molecule has 17 heavy (non-hydrogen) atoms. The maximum absolute atomic E-state index is 12.3. The molecule has 2 atom stereocenters. The van der Waals surface area contributed by atoms with E-state index in [4.69, 9.17) is 9.84 Å². The minimum absolute atomic E-state index is 0.0793. The van der Waals surface area contributed by atoms with Crippen molar-refractivity contribution in [3.05, 3.63) is 0 Å². The molecule has 1 heterocycles. The first-order valence-corrected chi connectivity index (χ1v) is 5.86. The van der Waals surface area contributed by atoms with E-state index in [1.54, 1.807) is 0 Å². The second-order valence-electron chi connectivity index (χ2n) is 5.57. The molecule has 1 aliphatic rings. The molecular weight excluding hydrogens is 222 g/mol. The van der Waals surface area contributed by atoms with Crippen LogP contribution in [-0.2, 0) is 14.3 Å². The van der Waals surface area contributed by atoms with Crippen LogP contribution in [0.3, 0.4) is 0 Å². The van der Waals surface area contributed by atoms with Crippen molar-refractivity contribution in [1.82, 2.24) is 4.90 Å². The highest BCUT2D eigenvalue weighted by atomic mass is 16.5. The van der Waals surface area contributed by atoms with Gasteiger partial charge in [-0.15, -0.1) is 0 Å². The lowest BCUT2D eigenvalue weighted by atomic mass is 9.99. The predicted octanol–water partition coefficient (Wildman–Crippen LogP) is 1.12. The van der Waals surface area contributed by atoms with E-state index in [2.05, 4.69) is 0 Å². The number of hydrogen-bond donors (Lipinski definition) is 1. The Labute approximate surface area is 102 Å². The fraction of sp³-hybridized carbons (Fsp3) is 0.833. The lowest BCUT2D eigenvalue weighted by molar-refractivity contribution is -0.150. The van der Waals surface area contributed by atoms with Crippen LogP contribution in [0.4, 0.5) is 0 Å². The van der Waals surface area contributed by atoms with Crippen LogP contribution >= 0.6 is 0 Å². The number of ether oxygens (including phenoxy) is 1. The maximum Gasteiger partial charge on any atom is 0.323 e. The number of carboxylic acids is 1. The number of amides is 1. The van der Waals surface area contributed by atoms with Gasteiger partial charge in [-0.05, 0) is 34.1 Å². The van der Waals surface area contributed by atoms with Crippen LogP contribution in [0.25, 0.3) is 0 Å². The third kappa shape index (κ3) is 3.70. The fourth-order valence-corrected chi connectivity index (χ4v) is 1.99. The molecule has 0 aromatic rings. The first-order valence-electron chi connectivity index (χ1n) is 5.86. The van der Waals surface area contributed by atoms with Crippen LogP contribution in [-0.4, -0.2) is 46.7 Å². The van der Waals surface area contributed by atoms with Crippen molar-refractivity contribution in [2.24, 2.45) is 5.92 Å².